The van der Waals surface area contributed by atoms with Crippen LogP contribution in [0.2, 0.25) is 0 Å². The second-order valence-corrected chi connectivity index (χ2v) is 11.2. The molecule has 1 N–H and O–H groups in total. The van der Waals surface area contributed by atoms with Crippen LogP contribution in [-0.4, -0.2) is 61.6 Å². The summed E-state index contributed by atoms with van der Waals surface area (Å²) in [6, 6.07) is 8.90. The van der Waals surface area contributed by atoms with E-state index in [4.69, 9.17) is 9.26 Å². The van der Waals surface area contributed by atoms with E-state index in [1.807, 2.05) is 31.2 Å². The van der Waals surface area contributed by atoms with E-state index in [1.54, 1.807) is 20.8 Å². The van der Waals surface area contributed by atoms with E-state index in [2.05, 4.69) is 20.6 Å². The maximum absolute atomic E-state index is 13.9. The molecule has 0 bridgehead atoms. The molecule has 3 aromatic rings. The van der Waals surface area contributed by atoms with Crippen LogP contribution < -0.4 is 5.32 Å². The third-order valence-corrected chi connectivity index (χ3v) is 7.07. The molecule has 39 heavy (non-hydrogen) atoms. The first-order chi connectivity index (χ1) is 18.4. The lowest BCUT2D eigenvalue weighted by Gasteiger charge is -2.22. The fourth-order valence-electron chi connectivity index (χ4n) is 5.02. The van der Waals surface area contributed by atoms with Gasteiger partial charge in [-0.15, -0.1) is 0 Å². The molecule has 1 aliphatic heterocycles. The quantitative estimate of drug-likeness (QED) is 0.471. The normalized spacial score (nSPS) is 18.4. The third-order valence-electron chi connectivity index (χ3n) is 7.07. The van der Waals surface area contributed by atoms with E-state index in [1.165, 1.54) is 11.0 Å². The molecule has 2 fully saturated rings. The number of carbonyl (C=O) groups is 2. The summed E-state index contributed by atoms with van der Waals surface area (Å²) in [5, 5.41) is 11.1. The smallest absolute Gasteiger partial charge is 0.407 e. The summed E-state index contributed by atoms with van der Waals surface area (Å²) >= 11 is 0. The van der Waals surface area contributed by atoms with E-state index in [-0.39, 0.29) is 42.0 Å². The Labute approximate surface area is 224 Å². The Hall–Kier alpha value is -3.83. The van der Waals surface area contributed by atoms with Gasteiger partial charge in [0, 0.05) is 13.1 Å². The molecular weight excluding hydrogens is 510 g/mol. The van der Waals surface area contributed by atoms with Crippen LogP contribution in [0.4, 0.5) is 13.6 Å². The summed E-state index contributed by atoms with van der Waals surface area (Å²) in [7, 11) is 0. The van der Waals surface area contributed by atoms with Gasteiger partial charge >= 0.3 is 6.09 Å². The zero-order chi connectivity index (χ0) is 27.9. The number of aryl methyl sites for hydroxylation is 1. The first kappa shape index (κ1) is 26.8. The molecule has 2 amide bonds. The van der Waals surface area contributed by atoms with Crippen molar-refractivity contribution in [1.82, 2.24) is 30.1 Å². The standard InChI is InChI=1S/C27H32F2N6O4/c1-16-7-5-6-8-18(16)27(10-11-27)24-31-23(39-33-24)19-13-20(22(28)29)35(32-19)15-21(36)34-12-9-17(14-34)30-25(37)38-26(2,3)4/h5-8,13,17,22H,9-12,14-15H2,1-4H3,(H,30,37). The second kappa shape index (κ2) is 10.0. The highest BCUT2D eigenvalue weighted by Gasteiger charge is 2.50. The molecule has 2 aromatic heterocycles. The molecule has 3 heterocycles. The van der Waals surface area contributed by atoms with Crippen molar-refractivity contribution in [3.8, 4) is 11.6 Å². The summed E-state index contributed by atoms with van der Waals surface area (Å²) in [5.41, 5.74) is 0.919. The number of rotatable bonds is 7. The molecule has 5 rings (SSSR count). The molecule has 0 spiro atoms. The SMILES string of the molecule is Cc1ccccc1C1(c2noc(-c3cc(C(F)F)n(CC(=O)N4CCC(NC(=O)OC(C)(C)C)C4)n3)n2)CC1. The summed E-state index contributed by atoms with van der Waals surface area (Å²) in [6.07, 6.45) is -1.16. The van der Waals surface area contributed by atoms with Crippen LogP contribution in [0.25, 0.3) is 11.6 Å². The topological polar surface area (TPSA) is 115 Å². The zero-order valence-corrected chi connectivity index (χ0v) is 22.4. The average molecular weight is 543 g/mol. The molecular formula is C27H32F2N6O4. The van der Waals surface area contributed by atoms with Crippen LogP contribution in [0.15, 0.2) is 34.9 Å². The van der Waals surface area contributed by atoms with Gasteiger partial charge in [0.15, 0.2) is 11.5 Å². The lowest BCUT2D eigenvalue weighted by atomic mass is 9.91. The highest BCUT2D eigenvalue weighted by Crippen LogP contribution is 2.53. The molecule has 0 radical (unpaired) electrons. The maximum Gasteiger partial charge on any atom is 0.407 e. The van der Waals surface area contributed by atoms with E-state index in [9.17, 15) is 18.4 Å². The Morgan fingerprint density at radius 3 is 2.67 bits per heavy atom. The van der Waals surface area contributed by atoms with Crippen LogP contribution >= 0.6 is 0 Å². The minimum atomic E-state index is -2.86. The van der Waals surface area contributed by atoms with Gasteiger partial charge < -0.3 is 19.5 Å². The van der Waals surface area contributed by atoms with Crippen molar-refractivity contribution in [3.63, 3.8) is 0 Å². The van der Waals surface area contributed by atoms with Crippen LogP contribution in [0.1, 0.15) is 69.1 Å². The molecule has 1 aliphatic carbocycles. The number of halogens is 2. The molecule has 208 valence electrons. The first-order valence-corrected chi connectivity index (χ1v) is 13.0. The van der Waals surface area contributed by atoms with Crippen LogP contribution in [0, 0.1) is 6.92 Å². The minimum absolute atomic E-state index is 0.0285. The second-order valence-electron chi connectivity index (χ2n) is 11.2. The number of amides is 2. The van der Waals surface area contributed by atoms with Crippen molar-refractivity contribution in [2.24, 2.45) is 0 Å². The number of nitrogens with zero attached hydrogens (tertiary/aromatic N) is 5. The predicted molar refractivity (Wildman–Crippen MR) is 136 cm³/mol. The highest BCUT2D eigenvalue weighted by atomic mass is 19.3. The van der Waals surface area contributed by atoms with Crippen molar-refractivity contribution in [1.29, 1.82) is 0 Å². The fourth-order valence-corrected chi connectivity index (χ4v) is 5.02. The number of carbonyl (C=O) groups excluding carboxylic acids is 2. The van der Waals surface area contributed by atoms with Gasteiger partial charge in [-0.05, 0) is 64.2 Å². The average Bonchev–Trinajstić information content (AvgIpc) is 3.20. The number of hydrogen-bond acceptors (Lipinski definition) is 7. The maximum atomic E-state index is 13.9. The summed E-state index contributed by atoms with van der Waals surface area (Å²) in [6.45, 7) is 7.57. The summed E-state index contributed by atoms with van der Waals surface area (Å²) in [4.78, 5) is 31.0. The molecule has 1 unspecified atom stereocenters. The van der Waals surface area contributed by atoms with E-state index in [0.29, 0.717) is 18.8 Å². The number of likely N-dealkylation sites (tertiary alicyclic amines) is 1. The Morgan fingerprint density at radius 2 is 2.00 bits per heavy atom. The number of hydrogen-bond donors (Lipinski definition) is 1. The third kappa shape index (κ3) is 5.64. The highest BCUT2D eigenvalue weighted by molar-refractivity contribution is 5.77. The number of benzene rings is 1. The van der Waals surface area contributed by atoms with Crippen LogP contribution in [0.5, 0.6) is 0 Å². The van der Waals surface area contributed by atoms with Gasteiger partial charge in [0.1, 0.15) is 17.8 Å². The largest absolute Gasteiger partial charge is 0.444 e. The fraction of sp³-hybridized carbons (Fsp3) is 0.519. The van der Waals surface area contributed by atoms with Gasteiger partial charge in [0.25, 0.3) is 12.3 Å². The van der Waals surface area contributed by atoms with E-state index in [0.717, 1.165) is 28.7 Å². The molecule has 2 aliphatic rings. The van der Waals surface area contributed by atoms with Crippen LogP contribution in [-0.2, 0) is 21.5 Å². The first-order valence-electron chi connectivity index (χ1n) is 13.0. The molecule has 1 saturated heterocycles. The van der Waals surface area contributed by atoms with Gasteiger partial charge in [-0.2, -0.15) is 10.1 Å². The zero-order valence-electron chi connectivity index (χ0n) is 22.4. The monoisotopic (exact) mass is 542 g/mol. The van der Waals surface area contributed by atoms with E-state index < -0.39 is 23.8 Å². The number of aromatic nitrogens is 4. The van der Waals surface area contributed by atoms with Crippen molar-refractivity contribution in [2.75, 3.05) is 13.1 Å². The van der Waals surface area contributed by atoms with Gasteiger partial charge in [0.05, 0.1) is 11.5 Å². The minimum Gasteiger partial charge on any atom is -0.444 e. The summed E-state index contributed by atoms with van der Waals surface area (Å²) < 4.78 is 39.5. The van der Waals surface area contributed by atoms with Crippen molar-refractivity contribution < 1.29 is 27.6 Å². The summed E-state index contributed by atoms with van der Waals surface area (Å²) in [5.74, 6) is 0.139. The van der Waals surface area contributed by atoms with Crippen molar-refractivity contribution in [3.05, 3.63) is 53.0 Å². The van der Waals surface area contributed by atoms with Gasteiger partial charge in [0.2, 0.25) is 5.91 Å². The molecule has 1 aromatic carbocycles. The van der Waals surface area contributed by atoms with Gasteiger partial charge in [-0.3, -0.25) is 9.48 Å². The molecule has 1 saturated carbocycles. The van der Waals surface area contributed by atoms with Gasteiger partial charge in [-0.25, -0.2) is 13.6 Å². The lowest BCUT2D eigenvalue weighted by molar-refractivity contribution is -0.131. The molecule has 10 nitrogen and oxygen atoms in total. The van der Waals surface area contributed by atoms with Crippen molar-refractivity contribution >= 4 is 12.0 Å². The predicted octanol–water partition coefficient (Wildman–Crippen LogP) is 4.38. The molecule has 1 atom stereocenters. The number of alkyl halides is 2. The molecule has 12 heteroatoms. The van der Waals surface area contributed by atoms with Gasteiger partial charge in [-0.1, -0.05) is 29.4 Å². The Kier molecular flexibility index (Phi) is 6.90. The Morgan fingerprint density at radius 1 is 1.26 bits per heavy atom. The number of alkyl carbamates (subject to hydrolysis) is 1. The van der Waals surface area contributed by atoms with Crippen molar-refractivity contribution in [2.45, 2.75) is 77.0 Å². The number of nitrogens with one attached hydrogen (secondary N) is 1. The lowest BCUT2D eigenvalue weighted by Crippen LogP contribution is -2.41. The van der Waals surface area contributed by atoms with E-state index >= 15 is 0 Å². The number of ether oxygens (including phenoxy) is 1. The van der Waals surface area contributed by atoms with Crippen LogP contribution in [0.3, 0.4) is 0 Å². The Balaban J connectivity index is 1.28. The Bertz CT molecular complexity index is 1370.